The summed E-state index contributed by atoms with van der Waals surface area (Å²) in [5.41, 5.74) is 0.789. The lowest BCUT2D eigenvalue weighted by Crippen LogP contribution is -2.52. The molecule has 39 heavy (non-hydrogen) atoms. The molecule has 2 aromatic carbocycles. The van der Waals surface area contributed by atoms with Gasteiger partial charge in [0.25, 0.3) is 0 Å². The fourth-order valence-corrected chi connectivity index (χ4v) is 5.41. The van der Waals surface area contributed by atoms with E-state index in [0.29, 0.717) is 35.3 Å². The van der Waals surface area contributed by atoms with Gasteiger partial charge >= 0.3 is 5.97 Å². The number of hydrogen-bond acceptors (Lipinski definition) is 6. The van der Waals surface area contributed by atoms with Crippen molar-refractivity contribution in [2.75, 3.05) is 25.2 Å². The molecule has 2 fully saturated rings. The average molecular weight is 554 g/mol. The molecule has 0 atom stereocenters. The summed E-state index contributed by atoms with van der Waals surface area (Å²) >= 11 is 0. The highest BCUT2D eigenvalue weighted by molar-refractivity contribution is 6.74. The molecule has 2 aliphatic carbocycles. The number of nitrogens with zero attached hydrogens (tertiary/aromatic N) is 1. The number of carbonyl (C=O) groups excluding carboxylic acids is 2. The van der Waals surface area contributed by atoms with E-state index in [4.69, 9.17) is 18.6 Å². The van der Waals surface area contributed by atoms with Crippen LogP contribution in [0.4, 0.5) is 5.69 Å². The van der Waals surface area contributed by atoms with Gasteiger partial charge in [-0.1, -0.05) is 20.8 Å². The van der Waals surface area contributed by atoms with Crippen molar-refractivity contribution in [1.82, 2.24) is 0 Å². The summed E-state index contributed by atoms with van der Waals surface area (Å²) in [5, 5.41) is 0.110. The molecule has 212 valence electrons. The predicted molar refractivity (Wildman–Crippen MR) is 155 cm³/mol. The summed E-state index contributed by atoms with van der Waals surface area (Å²) < 4.78 is 24.2. The number of ether oxygens (including phenoxy) is 3. The first-order valence-electron chi connectivity index (χ1n) is 13.9. The Morgan fingerprint density at radius 2 is 1.64 bits per heavy atom. The Labute approximate surface area is 233 Å². The normalized spacial score (nSPS) is 16.7. The summed E-state index contributed by atoms with van der Waals surface area (Å²) in [6.45, 7) is 14.1. The zero-order valence-electron chi connectivity index (χ0n) is 24.5. The smallest absolute Gasteiger partial charge is 0.338 e. The van der Waals surface area contributed by atoms with Crippen molar-refractivity contribution >= 4 is 25.9 Å². The highest BCUT2D eigenvalue weighted by atomic mass is 28.4. The van der Waals surface area contributed by atoms with Crippen LogP contribution in [0.2, 0.25) is 18.1 Å². The molecule has 0 aromatic heterocycles. The molecule has 2 aromatic rings. The average Bonchev–Trinajstić information content (AvgIpc) is 3.67. The Kier molecular flexibility index (Phi) is 8.47. The maximum absolute atomic E-state index is 12.5. The number of amides is 1. The molecule has 2 saturated carbocycles. The second-order valence-corrected chi connectivity index (χ2v) is 17.4. The van der Waals surface area contributed by atoms with Gasteiger partial charge in [0.15, 0.2) is 8.32 Å². The number of esters is 1. The van der Waals surface area contributed by atoms with E-state index in [2.05, 4.69) is 33.9 Å². The molecule has 7 nitrogen and oxygen atoms in total. The van der Waals surface area contributed by atoms with E-state index in [9.17, 15) is 9.59 Å². The van der Waals surface area contributed by atoms with Gasteiger partial charge in [0, 0.05) is 25.2 Å². The van der Waals surface area contributed by atoms with Crippen molar-refractivity contribution in [3.05, 3.63) is 48.0 Å². The fourth-order valence-electron chi connectivity index (χ4n) is 4.36. The SMILES string of the molecule is COC(=O)c1cc(Oc2ccc(N(CC3CC3)C(C)=O)cc2)cc(OC2(CO[Si](C)(C)C(C)(C)C)CCC2)c1. The van der Waals surface area contributed by atoms with Crippen molar-refractivity contribution in [1.29, 1.82) is 0 Å². The maximum atomic E-state index is 12.5. The zero-order valence-corrected chi connectivity index (χ0v) is 25.5. The van der Waals surface area contributed by atoms with Crippen molar-refractivity contribution in [2.45, 2.75) is 83.5 Å². The number of methoxy groups -OCH3 is 1. The molecule has 8 heteroatoms. The first-order chi connectivity index (χ1) is 18.3. The van der Waals surface area contributed by atoms with Crippen LogP contribution in [0.15, 0.2) is 42.5 Å². The quantitative estimate of drug-likeness (QED) is 0.214. The molecule has 2 aliphatic rings. The molecule has 0 bridgehead atoms. The van der Waals surface area contributed by atoms with E-state index in [-0.39, 0.29) is 10.9 Å². The van der Waals surface area contributed by atoms with Crippen molar-refractivity contribution in [2.24, 2.45) is 5.92 Å². The van der Waals surface area contributed by atoms with Crippen LogP contribution in [0.25, 0.3) is 0 Å². The molecular formula is C31H43NO6Si. The van der Waals surface area contributed by atoms with E-state index >= 15 is 0 Å². The summed E-state index contributed by atoms with van der Waals surface area (Å²) in [4.78, 5) is 26.5. The van der Waals surface area contributed by atoms with Crippen molar-refractivity contribution in [3.8, 4) is 17.2 Å². The molecule has 0 aliphatic heterocycles. The van der Waals surface area contributed by atoms with E-state index in [0.717, 1.165) is 31.5 Å². The van der Waals surface area contributed by atoms with E-state index in [1.54, 1.807) is 19.1 Å². The van der Waals surface area contributed by atoms with Gasteiger partial charge in [-0.15, -0.1) is 0 Å². The van der Waals surface area contributed by atoms with E-state index in [1.165, 1.54) is 20.0 Å². The van der Waals surface area contributed by atoms with Crippen LogP contribution in [-0.2, 0) is 14.0 Å². The molecule has 0 spiro atoms. The van der Waals surface area contributed by atoms with Crippen LogP contribution >= 0.6 is 0 Å². The highest BCUT2D eigenvalue weighted by Crippen LogP contribution is 2.42. The van der Waals surface area contributed by atoms with Crippen LogP contribution in [0.1, 0.15) is 70.2 Å². The minimum absolute atomic E-state index is 0.0330. The molecule has 0 N–H and O–H groups in total. The maximum Gasteiger partial charge on any atom is 0.338 e. The molecule has 0 heterocycles. The first-order valence-corrected chi connectivity index (χ1v) is 16.8. The van der Waals surface area contributed by atoms with Crippen LogP contribution in [0.3, 0.4) is 0 Å². The second-order valence-electron chi connectivity index (χ2n) is 12.5. The zero-order chi connectivity index (χ0) is 28.4. The summed E-state index contributed by atoms with van der Waals surface area (Å²) in [7, 11) is -0.581. The third kappa shape index (κ3) is 7.22. The minimum atomic E-state index is -1.94. The number of benzene rings is 2. The monoisotopic (exact) mass is 553 g/mol. The Balaban J connectivity index is 1.52. The number of hydrogen-bond donors (Lipinski definition) is 0. The first kappa shape index (κ1) is 29.1. The molecule has 1 amide bonds. The topological polar surface area (TPSA) is 74.3 Å². The van der Waals surface area contributed by atoms with Gasteiger partial charge in [0.2, 0.25) is 5.91 Å². The molecule has 0 unspecified atom stereocenters. The van der Waals surface area contributed by atoms with Crippen LogP contribution in [-0.4, -0.2) is 46.1 Å². The summed E-state index contributed by atoms with van der Waals surface area (Å²) in [6.07, 6.45) is 5.22. The standard InChI is InChI=1S/C31H43NO6Si/c1-22(33)32(20-23-9-10-23)25-11-13-26(14-12-25)37-27-17-24(29(34)35-5)18-28(19-27)38-31(15-8-16-31)21-36-39(6,7)30(2,3)4/h11-14,17-19,23H,8-10,15-16,20-21H2,1-7H3. The van der Waals surface area contributed by atoms with Crippen molar-refractivity contribution in [3.63, 3.8) is 0 Å². The van der Waals surface area contributed by atoms with Crippen molar-refractivity contribution < 1.29 is 28.2 Å². The van der Waals surface area contributed by atoms with Gasteiger partial charge in [-0.05, 0) is 92.6 Å². The minimum Gasteiger partial charge on any atom is -0.485 e. The third-order valence-electron chi connectivity index (χ3n) is 8.30. The lowest BCUT2D eigenvalue weighted by atomic mass is 9.80. The molecule has 0 radical (unpaired) electrons. The largest absolute Gasteiger partial charge is 0.485 e. The Bertz CT molecular complexity index is 1180. The van der Waals surface area contributed by atoms with Crippen LogP contribution in [0, 0.1) is 5.92 Å². The lowest BCUT2D eigenvalue weighted by Gasteiger charge is -2.45. The second kappa shape index (κ2) is 11.3. The number of rotatable bonds is 11. The van der Waals surface area contributed by atoms with E-state index < -0.39 is 19.9 Å². The molecule has 4 rings (SSSR count). The summed E-state index contributed by atoms with van der Waals surface area (Å²) in [5.74, 6) is 1.79. The number of carbonyl (C=O) groups is 2. The van der Waals surface area contributed by atoms with E-state index in [1.807, 2.05) is 35.2 Å². The molecule has 0 saturated heterocycles. The van der Waals surface area contributed by atoms with Crippen LogP contribution < -0.4 is 14.4 Å². The summed E-state index contributed by atoms with van der Waals surface area (Å²) in [6, 6.07) is 12.6. The number of anilines is 1. The third-order valence-corrected chi connectivity index (χ3v) is 12.8. The van der Waals surface area contributed by atoms with Gasteiger partial charge < -0.3 is 23.5 Å². The van der Waals surface area contributed by atoms with Gasteiger partial charge in [-0.3, -0.25) is 4.79 Å². The van der Waals surface area contributed by atoms with Gasteiger partial charge in [0.05, 0.1) is 19.3 Å². The van der Waals surface area contributed by atoms with Gasteiger partial charge in [-0.2, -0.15) is 0 Å². The van der Waals surface area contributed by atoms with Gasteiger partial charge in [0.1, 0.15) is 22.8 Å². The predicted octanol–water partition coefficient (Wildman–Crippen LogP) is 7.35. The Morgan fingerprint density at radius 1 is 1.00 bits per heavy atom. The Morgan fingerprint density at radius 3 is 2.15 bits per heavy atom. The fraction of sp³-hybridized carbons (Fsp3) is 0.548. The lowest BCUT2D eigenvalue weighted by molar-refractivity contribution is -0.116. The Hall–Kier alpha value is -2.84. The van der Waals surface area contributed by atoms with Gasteiger partial charge in [-0.25, -0.2) is 4.79 Å². The van der Waals surface area contributed by atoms with Crippen LogP contribution in [0.5, 0.6) is 17.2 Å². The molecular weight excluding hydrogens is 510 g/mol. The highest BCUT2D eigenvalue weighted by Gasteiger charge is 2.44.